The fourth-order valence-electron chi connectivity index (χ4n) is 3.89. The number of aryl methyl sites for hydroxylation is 1. The number of ketones is 1. The second-order valence-electron chi connectivity index (χ2n) is 6.26. The molecular weight excluding hydrogens is 250 g/mol. The minimum absolute atomic E-state index is 0.204. The predicted octanol–water partition coefficient (Wildman–Crippen LogP) is 3.06. The van der Waals surface area contributed by atoms with Gasteiger partial charge in [-0.1, -0.05) is 0 Å². The van der Waals surface area contributed by atoms with E-state index in [1.54, 1.807) is 7.11 Å². The van der Waals surface area contributed by atoms with Gasteiger partial charge in [0.1, 0.15) is 5.75 Å². The van der Waals surface area contributed by atoms with E-state index in [4.69, 9.17) is 4.74 Å². The van der Waals surface area contributed by atoms with Gasteiger partial charge in [-0.05, 0) is 63.4 Å². The first-order valence-electron chi connectivity index (χ1n) is 7.51. The number of methoxy groups -OCH3 is 1. The van der Waals surface area contributed by atoms with Crippen LogP contribution < -0.4 is 4.74 Å². The number of hydrogen-bond donors (Lipinski definition) is 0. The van der Waals surface area contributed by atoms with Crippen LogP contribution in [0.1, 0.15) is 41.6 Å². The number of benzene rings is 1. The highest BCUT2D eigenvalue weighted by molar-refractivity contribution is 5.99. The maximum Gasteiger partial charge on any atom is 0.166 e. The molecule has 2 atom stereocenters. The van der Waals surface area contributed by atoms with Crippen molar-refractivity contribution in [2.75, 3.05) is 14.2 Å². The first-order valence-corrected chi connectivity index (χ1v) is 7.51. The highest BCUT2D eigenvalue weighted by Gasteiger charge is 2.41. The third-order valence-corrected chi connectivity index (χ3v) is 5.17. The van der Waals surface area contributed by atoms with Gasteiger partial charge in [-0.15, -0.1) is 0 Å². The average molecular weight is 273 g/mol. The van der Waals surface area contributed by atoms with Crippen LogP contribution in [0.3, 0.4) is 0 Å². The van der Waals surface area contributed by atoms with E-state index >= 15 is 0 Å². The highest BCUT2D eigenvalue weighted by Crippen LogP contribution is 2.39. The maximum atomic E-state index is 12.8. The Bertz CT molecular complexity index is 512. The lowest BCUT2D eigenvalue weighted by molar-refractivity contribution is 0.0766. The summed E-state index contributed by atoms with van der Waals surface area (Å²) < 4.78 is 5.22. The van der Waals surface area contributed by atoms with Gasteiger partial charge in [-0.25, -0.2) is 0 Å². The summed E-state index contributed by atoms with van der Waals surface area (Å²) in [6.07, 6.45) is 4.56. The summed E-state index contributed by atoms with van der Waals surface area (Å²) in [6, 6.07) is 7.00. The topological polar surface area (TPSA) is 29.5 Å². The molecule has 0 spiro atoms. The van der Waals surface area contributed by atoms with Crippen molar-refractivity contribution >= 4 is 5.78 Å². The summed E-state index contributed by atoms with van der Waals surface area (Å²) in [7, 11) is 3.87. The number of ether oxygens (including phenoxy) is 1. The number of hydrogen-bond acceptors (Lipinski definition) is 3. The Hall–Kier alpha value is -1.35. The molecule has 0 radical (unpaired) electrons. The lowest BCUT2D eigenvalue weighted by Crippen LogP contribution is -2.42. The maximum absolute atomic E-state index is 12.8. The Morgan fingerprint density at radius 3 is 2.45 bits per heavy atom. The third-order valence-electron chi connectivity index (χ3n) is 5.17. The first kappa shape index (κ1) is 13.6. The fourth-order valence-corrected chi connectivity index (χ4v) is 3.89. The number of Topliss-reactive ketones (excluding diaryl/α,β-unsaturated/α-hetero) is 1. The molecule has 20 heavy (non-hydrogen) atoms. The van der Waals surface area contributed by atoms with E-state index in [2.05, 4.69) is 11.9 Å². The van der Waals surface area contributed by atoms with E-state index in [1.165, 1.54) is 12.8 Å². The molecule has 108 valence electrons. The van der Waals surface area contributed by atoms with Gasteiger partial charge in [0.25, 0.3) is 0 Å². The lowest BCUT2D eigenvalue weighted by Gasteiger charge is -2.35. The van der Waals surface area contributed by atoms with E-state index in [0.717, 1.165) is 29.7 Å². The quantitative estimate of drug-likeness (QED) is 0.793. The molecule has 2 bridgehead atoms. The Morgan fingerprint density at radius 2 is 1.90 bits per heavy atom. The van der Waals surface area contributed by atoms with Crippen LogP contribution in [-0.4, -0.2) is 36.9 Å². The monoisotopic (exact) mass is 273 g/mol. The largest absolute Gasteiger partial charge is 0.497 e. The van der Waals surface area contributed by atoms with Crippen molar-refractivity contribution in [1.82, 2.24) is 4.90 Å². The second-order valence-corrected chi connectivity index (χ2v) is 6.26. The van der Waals surface area contributed by atoms with Crippen LogP contribution in [-0.2, 0) is 0 Å². The average Bonchev–Trinajstić information content (AvgIpc) is 2.67. The summed E-state index contributed by atoms with van der Waals surface area (Å²) in [5.74, 6) is 1.36. The number of piperidine rings is 1. The van der Waals surface area contributed by atoms with Gasteiger partial charge in [0, 0.05) is 23.6 Å². The number of nitrogens with zero attached hydrogens (tertiary/aromatic N) is 1. The first-order chi connectivity index (χ1) is 9.60. The van der Waals surface area contributed by atoms with Gasteiger partial charge >= 0.3 is 0 Å². The molecule has 2 unspecified atom stereocenters. The summed E-state index contributed by atoms with van der Waals surface area (Å²) in [4.78, 5) is 15.3. The number of carbonyl (C=O) groups is 1. The summed E-state index contributed by atoms with van der Waals surface area (Å²) >= 11 is 0. The van der Waals surface area contributed by atoms with E-state index < -0.39 is 0 Å². The van der Waals surface area contributed by atoms with Crippen molar-refractivity contribution in [2.24, 2.45) is 5.92 Å². The fraction of sp³-hybridized carbons (Fsp3) is 0.588. The van der Waals surface area contributed by atoms with Crippen molar-refractivity contribution in [1.29, 1.82) is 0 Å². The van der Waals surface area contributed by atoms with E-state index in [9.17, 15) is 4.79 Å². The normalized spacial score (nSPS) is 29.4. The zero-order valence-electron chi connectivity index (χ0n) is 12.6. The van der Waals surface area contributed by atoms with Gasteiger partial charge in [-0.2, -0.15) is 0 Å². The summed E-state index contributed by atoms with van der Waals surface area (Å²) in [5, 5.41) is 0. The van der Waals surface area contributed by atoms with Gasteiger partial charge in [-0.3, -0.25) is 4.79 Å². The molecule has 3 heteroatoms. The molecule has 3 nitrogen and oxygen atoms in total. The lowest BCUT2D eigenvalue weighted by atomic mass is 9.84. The molecular formula is C17H23NO2. The molecule has 1 aromatic carbocycles. The van der Waals surface area contributed by atoms with Crippen LogP contribution in [0.5, 0.6) is 5.75 Å². The standard InChI is InChI=1S/C17H23NO2/c1-11-8-15(20-3)6-7-16(11)17(19)12-9-13-4-5-14(10-12)18(13)2/h6-8,12-14H,4-5,9-10H2,1-3H3. The van der Waals surface area contributed by atoms with Crippen molar-refractivity contribution in [3.8, 4) is 5.75 Å². The Kier molecular flexibility index (Phi) is 3.55. The highest BCUT2D eigenvalue weighted by atomic mass is 16.5. The van der Waals surface area contributed by atoms with Crippen LogP contribution in [0, 0.1) is 12.8 Å². The molecule has 2 heterocycles. The second kappa shape index (κ2) is 5.21. The van der Waals surface area contributed by atoms with E-state index in [-0.39, 0.29) is 5.92 Å². The van der Waals surface area contributed by atoms with Crippen LogP contribution in [0.2, 0.25) is 0 Å². The molecule has 0 saturated carbocycles. The third kappa shape index (κ3) is 2.24. The molecule has 0 N–H and O–H groups in total. The van der Waals surface area contributed by atoms with Crippen molar-refractivity contribution in [3.05, 3.63) is 29.3 Å². The molecule has 1 aromatic rings. The predicted molar refractivity (Wildman–Crippen MR) is 79.4 cm³/mol. The van der Waals surface area contributed by atoms with Crippen LogP contribution in [0.4, 0.5) is 0 Å². The molecule has 0 aromatic heterocycles. The van der Waals surface area contributed by atoms with Crippen LogP contribution in [0.15, 0.2) is 18.2 Å². The Morgan fingerprint density at radius 1 is 1.25 bits per heavy atom. The van der Waals surface area contributed by atoms with Gasteiger partial charge < -0.3 is 9.64 Å². The zero-order chi connectivity index (χ0) is 14.3. The molecule has 2 fully saturated rings. The van der Waals surface area contributed by atoms with Gasteiger partial charge in [0.05, 0.1) is 7.11 Å². The SMILES string of the molecule is COc1ccc(C(=O)C2CC3CCC(C2)N3C)c(C)c1. The van der Waals surface area contributed by atoms with Crippen molar-refractivity contribution in [2.45, 2.75) is 44.7 Å². The summed E-state index contributed by atoms with van der Waals surface area (Å²) in [6.45, 7) is 2.00. The minimum Gasteiger partial charge on any atom is -0.497 e. The smallest absolute Gasteiger partial charge is 0.166 e. The molecule has 0 aliphatic carbocycles. The Balaban J connectivity index is 1.80. The number of rotatable bonds is 3. The van der Waals surface area contributed by atoms with E-state index in [0.29, 0.717) is 17.9 Å². The van der Waals surface area contributed by atoms with Crippen molar-refractivity contribution < 1.29 is 9.53 Å². The molecule has 3 rings (SSSR count). The van der Waals surface area contributed by atoms with E-state index in [1.807, 2.05) is 25.1 Å². The Labute approximate surface area is 120 Å². The molecule has 2 aliphatic heterocycles. The molecule has 2 saturated heterocycles. The van der Waals surface area contributed by atoms with Crippen LogP contribution >= 0.6 is 0 Å². The summed E-state index contributed by atoms with van der Waals surface area (Å²) in [5.41, 5.74) is 1.90. The van der Waals surface area contributed by atoms with Gasteiger partial charge in [0.15, 0.2) is 5.78 Å². The molecule has 2 aliphatic rings. The van der Waals surface area contributed by atoms with Crippen LogP contribution in [0.25, 0.3) is 0 Å². The number of carbonyl (C=O) groups excluding carboxylic acids is 1. The zero-order valence-corrected chi connectivity index (χ0v) is 12.6. The number of fused-ring (bicyclic) bond motifs is 2. The van der Waals surface area contributed by atoms with Crippen molar-refractivity contribution in [3.63, 3.8) is 0 Å². The molecule has 0 amide bonds. The minimum atomic E-state index is 0.204. The van der Waals surface area contributed by atoms with Gasteiger partial charge in [0.2, 0.25) is 0 Å².